The number of nitrogens with zero attached hydrogens (tertiary/aromatic N) is 3. The lowest BCUT2D eigenvalue weighted by Crippen LogP contribution is -2.02. The molecule has 4 nitrogen and oxygen atoms in total. The number of benzene rings is 2. The summed E-state index contributed by atoms with van der Waals surface area (Å²) >= 11 is 0. The summed E-state index contributed by atoms with van der Waals surface area (Å²) in [6.07, 6.45) is 0. The normalized spacial score (nSPS) is 11.0. The predicted octanol–water partition coefficient (Wildman–Crippen LogP) is 4.26. The van der Waals surface area contributed by atoms with Crippen LogP contribution in [0.4, 0.5) is 0 Å². The van der Waals surface area contributed by atoms with E-state index in [-0.39, 0.29) is 5.78 Å². The molecule has 0 aliphatic carbocycles. The van der Waals surface area contributed by atoms with Crippen LogP contribution in [0, 0.1) is 0 Å². The summed E-state index contributed by atoms with van der Waals surface area (Å²) in [4.78, 5) is 11.9. The molecular formula is C19H19N3O. The Morgan fingerprint density at radius 1 is 1.00 bits per heavy atom. The fraction of sp³-hybridized carbons (Fsp3) is 0.211. The van der Waals surface area contributed by atoms with Gasteiger partial charge in [-0.05, 0) is 23.6 Å². The molecule has 0 unspecified atom stereocenters. The molecule has 2 aromatic carbocycles. The molecule has 23 heavy (non-hydrogen) atoms. The zero-order valence-electron chi connectivity index (χ0n) is 13.5. The van der Waals surface area contributed by atoms with E-state index in [4.69, 9.17) is 0 Å². The van der Waals surface area contributed by atoms with E-state index in [1.165, 1.54) is 12.5 Å². The topological polar surface area (TPSA) is 47.8 Å². The van der Waals surface area contributed by atoms with E-state index in [0.29, 0.717) is 11.6 Å². The number of rotatable bonds is 4. The van der Waals surface area contributed by atoms with Crippen molar-refractivity contribution in [2.24, 2.45) is 0 Å². The van der Waals surface area contributed by atoms with E-state index in [0.717, 1.165) is 16.9 Å². The van der Waals surface area contributed by atoms with Crippen molar-refractivity contribution in [2.45, 2.75) is 26.7 Å². The summed E-state index contributed by atoms with van der Waals surface area (Å²) in [5.74, 6) is 0.384. The Kier molecular flexibility index (Phi) is 4.06. The molecule has 0 saturated heterocycles. The minimum atomic E-state index is -0.0890. The third-order valence-electron chi connectivity index (χ3n) is 3.86. The van der Waals surface area contributed by atoms with Crippen LogP contribution in [0.5, 0.6) is 0 Å². The first kappa shape index (κ1) is 15.2. The minimum Gasteiger partial charge on any atom is -0.293 e. The maximum absolute atomic E-state index is 11.9. The molecule has 3 aromatic rings. The third kappa shape index (κ3) is 2.93. The summed E-state index contributed by atoms with van der Waals surface area (Å²) in [7, 11) is 0. The summed E-state index contributed by atoms with van der Waals surface area (Å²) in [5.41, 5.74) is 4.21. The second-order valence-electron chi connectivity index (χ2n) is 5.87. The van der Waals surface area contributed by atoms with Crippen LogP contribution in [0.2, 0.25) is 0 Å². The SMILES string of the molecule is CC(=O)c1nnn(-c2ccc(C(C)C)cc2)c1-c1ccccc1. The highest BCUT2D eigenvalue weighted by atomic mass is 16.1. The summed E-state index contributed by atoms with van der Waals surface area (Å²) in [6.45, 7) is 5.84. The summed E-state index contributed by atoms with van der Waals surface area (Å²) in [5, 5.41) is 8.29. The standard InChI is InChI=1S/C19H19N3O/c1-13(2)15-9-11-17(12-10-15)22-19(16-7-5-4-6-8-16)18(14(3)23)20-21-22/h4-13H,1-3H3. The molecular weight excluding hydrogens is 286 g/mol. The van der Waals surface area contributed by atoms with Gasteiger partial charge in [-0.2, -0.15) is 0 Å². The van der Waals surface area contributed by atoms with Gasteiger partial charge in [0.15, 0.2) is 11.5 Å². The van der Waals surface area contributed by atoms with Crippen molar-refractivity contribution >= 4 is 5.78 Å². The highest BCUT2D eigenvalue weighted by Crippen LogP contribution is 2.26. The van der Waals surface area contributed by atoms with Crippen molar-refractivity contribution in [3.63, 3.8) is 0 Å². The first-order valence-corrected chi connectivity index (χ1v) is 7.70. The fourth-order valence-corrected chi connectivity index (χ4v) is 2.56. The molecule has 116 valence electrons. The van der Waals surface area contributed by atoms with E-state index in [9.17, 15) is 4.79 Å². The monoisotopic (exact) mass is 305 g/mol. The Balaban J connectivity index is 2.15. The number of Topliss-reactive ketones (excluding diaryl/α,β-unsaturated/α-hetero) is 1. The average Bonchev–Trinajstić information content (AvgIpc) is 3.01. The fourth-order valence-electron chi connectivity index (χ4n) is 2.56. The van der Waals surface area contributed by atoms with E-state index in [2.05, 4.69) is 36.3 Å². The average molecular weight is 305 g/mol. The summed E-state index contributed by atoms with van der Waals surface area (Å²) in [6, 6.07) is 18.0. The molecule has 4 heteroatoms. The second kappa shape index (κ2) is 6.16. The Hall–Kier alpha value is -2.75. The number of ketones is 1. The molecule has 0 bridgehead atoms. The van der Waals surface area contributed by atoms with E-state index < -0.39 is 0 Å². The van der Waals surface area contributed by atoms with Crippen molar-refractivity contribution in [1.82, 2.24) is 15.0 Å². The van der Waals surface area contributed by atoms with Crippen LogP contribution in [0.1, 0.15) is 42.7 Å². The molecule has 0 radical (unpaired) electrons. The van der Waals surface area contributed by atoms with Gasteiger partial charge in [0.05, 0.1) is 5.69 Å². The highest BCUT2D eigenvalue weighted by molar-refractivity contribution is 5.98. The summed E-state index contributed by atoms with van der Waals surface area (Å²) < 4.78 is 1.73. The molecule has 0 aliphatic rings. The number of hydrogen-bond acceptors (Lipinski definition) is 3. The minimum absolute atomic E-state index is 0.0890. The Morgan fingerprint density at radius 3 is 2.22 bits per heavy atom. The Labute approximate surface area is 135 Å². The zero-order chi connectivity index (χ0) is 16.4. The van der Waals surface area contributed by atoms with Crippen molar-refractivity contribution < 1.29 is 4.79 Å². The van der Waals surface area contributed by atoms with Crippen molar-refractivity contribution in [1.29, 1.82) is 0 Å². The number of carbonyl (C=O) groups is 1. The predicted molar refractivity (Wildman–Crippen MR) is 90.9 cm³/mol. The van der Waals surface area contributed by atoms with Gasteiger partial charge in [-0.3, -0.25) is 4.79 Å². The van der Waals surface area contributed by atoms with Crippen LogP contribution < -0.4 is 0 Å². The van der Waals surface area contributed by atoms with Gasteiger partial charge in [-0.15, -0.1) is 5.10 Å². The van der Waals surface area contributed by atoms with Crippen LogP contribution in [0.3, 0.4) is 0 Å². The Bertz CT molecular complexity index is 818. The molecule has 0 spiro atoms. The van der Waals surface area contributed by atoms with Crippen molar-refractivity contribution in [2.75, 3.05) is 0 Å². The maximum Gasteiger partial charge on any atom is 0.182 e. The lowest BCUT2D eigenvalue weighted by Gasteiger charge is -2.10. The third-order valence-corrected chi connectivity index (χ3v) is 3.86. The van der Waals surface area contributed by atoms with Crippen molar-refractivity contribution in [3.8, 4) is 16.9 Å². The highest BCUT2D eigenvalue weighted by Gasteiger charge is 2.19. The van der Waals surface area contributed by atoms with E-state index in [1.54, 1.807) is 4.68 Å². The van der Waals surface area contributed by atoms with Gasteiger partial charge < -0.3 is 0 Å². The van der Waals surface area contributed by atoms with E-state index >= 15 is 0 Å². The number of aromatic nitrogens is 3. The van der Waals surface area contributed by atoms with Gasteiger partial charge in [-0.25, -0.2) is 4.68 Å². The van der Waals surface area contributed by atoms with Gasteiger partial charge >= 0.3 is 0 Å². The molecule has 1 heterocycles. The molecule has 0 amide bonds. The number of hydrogen-bond donors (Lipinski definition) is 0. The molecule has 0 N–H and O–H groups in total. The van der Waals surface area contributed by atoms with Crippen LogP contribution in [-0.2, 0) is 0 Å². The first-order chi connectivity index (χ1) is 11.1. The smallest absolute Gasteiger partial charge is 0.182 e. The molecule has 3 rings (SSSR count). The van der Waals surface area contributed by atoms with Gasteiger partial charge in [-0.1, -0.05) is 61.5 Å². The molecule has 0 atom stereocenters. The zero-order valence-corrected chi connectivity index (χ0v) is 13.5. The van der Waals surface area contributed by atoms with Gasteiger partial charge in [0.1, 0.15) is 5.69 Å². The van der Waals surface area contributed by atoms with Crippen LogP contribution in [0.25, 0.3) is 16.9 Å². The first-order valence-electron chi connectivity index (χ1n) is 7.70. The van der Waals surface area contributed by atoms with Crippen LogP contribution >= 0.6 is 0 Å². The quantitative estimate of drug-likeness (QED) is 0.677. The lowest BCUT2D eigenvalue weighted by atomic mass is 10.0. The van der Waals surface area contributed by atoms with Crippen LogP contribution in [-0.4, -0.2) is 20.8 Å². The van der Waals surface area contributed by atoms with Crippen molar-refractivity contribution in [3.05, 3.63) is 65.9 Å². The molecule has 0 fully saturated rings. The van der Waals surface area contributed by atoms with Gasteiger partial charge in [0, 0.05) is 12.5 Å². The van der Waals surface area contributed by atoms with Crippen LogP contribution in [0.15, 0.2) is 54.6 Å². The molecule has 1 aromatic heterocycles. The molecule has 0 aliphatic heterocycles. The van der Waals surface area contributed by atoms with Gasteiger partial charge in [0.25, 0.3) is 0 Å². The molecule has 0 saturated carbocycles. The largest absolute Gasteiger partial charge is 0.293 e. The number of carbonyl (C=O) groups excluding carboxylic acids is 1. The van der Waals surface area contributed by atoms with E-state index in [1.807, 2.05) is 42.5 Å². The van der Waals surface area contributed by atoms with Gasteiger partial charge in [0.2, 0.25) is 0 Å². The second-order valence-corrected chi connectivity index (χ2v) is 5.87. The Morgan fingerprint density at radius 2 is 1.65 bits per heavy atom. The lowest BCUT2D eigenvalue weighted by molar-refractivity contribution is 0.101. The maximum atomic E-state index is 11.9.